The van der Waals surface area contributed by atoms with Crippen LogP contribution in [0.4, 0.5) is 13.2 Å². The van der Waals surface area contributed by atoms with E-state index < -0.39 is 12.6 Å². The van der Waals surface area contributed by atoms with E-state index in [1.54, 1.807) is 13.0 Å². The van der Waals surface area contributed by atoms with Crippen molar-refractivity contribution in [3.8, 4) is 5.75 Å². The van der Waals surface area contributed by atoms with Crippen molar-refractivity contribution in [1.82, 2.24) is 10.3 Å². The molecule has 16 heavy (non-hydrogen) atoms. The first-order chi connectivity index (χ1) is 7.38. The predicted octanol–water partition coefficient (Wildman–Crippen LogP) is 2.14. The van der Waals surface area contributed by atoms with E-state index in [-0.39, 0.29) is 18.8 Å². The van der Waals surface area contributed by atoms with E-state index in [2.05, 4.69) is 10.3 Å². The molecule has 3 nitrogen and oxygen atoms in total. The van der Waals surface area contributed by atoms with Crippen molar-refractivity contribution >= 4 is 0 Å². The standard InChI is InChI=1S/C10H13F3N2O/c1-7-2-3-9(16)8(15-7)6-14-5-4-10(11,12)13/h2-3,14,16H,4-6H2,1H3. The lowest BCUT2D eigenvalue weighted by Crippen LogP contribution is -2.21. The normalized spacial score (nSPS) is 11.8. The molecule has 2 N–H and O–H groups in total. The van der Waals surface area contributed by atoms with Crippen LogP contribution < -0.4 is 5.32 Å². The summed E-state index contributed by atoms with van der Waals surface area (Å²) in [5, 5.41) is 12.0. The highest BCUT2D eigenvalue weighted by molar-refractivity contribution is 5.27. The minimum absolute atomic E-state index is 0.00916. The molecule has 1 rings (SSSR count). The highest BCUT2D eigenvalue weighted by Crippen LogP contribution is 2.18. The van der Waals surface area contributed by atoms with Gasteiger partial charge in [-0.1, -0.05) is 0 Å². The van der Waals surface area contributed by atoms with Crippen LogP contribution in [0.5, 0.6) is 5.75 Å². The third-order valence-corrected chi connectivity index (χ3v) is 1.97. The molecule has 0 atom stereocenters. The second kappa shape index (κ2) is 5.16. The molecule has 0 radical (unpaired) electrons. The zero-order valence-electron chi connectivity index (χ0n) is 8.80. The van der Waals surface area contributed by atoms with Gasteiger partial charge in [0.05, 0.1) is 12.1 Å². The van der Waals surface area contributed by atoms with Gasteiger partial charge in [-0.05, 0) is 19.1 Å². The molecule has 0 unspecified atom stereocenters. The number of alkyl halides is 3. The predicted molar refractivity (Wildman–Crippen MR) is 53.0 cm³/mol. The van der Waals surface area contributed by atoms with Gasteiger partial charge in [0.1, 0.15) is 5.75 Å². The van der Waals surface area contributed by atoms with Gasteiger partial charge in [0.2, 0.25) is 0 Å². The average molecular weight is 234 g/mol. The van der Waals surface area contributed by atoms with Crippen molar-refractivity contribution < 1.29 is 18.3 Å². The van der Waals surface area contributed by atoms with E-state index in [9.17, 15) is 18.3 Å². The van der Waals surface area contributed by atoms with Crippen LogP contribution >= 0.6 is 0 Å². The van der Waals surface area contributed by atoms with E-state index in [1.807, 2.05) is 0 Å². The SMILES string of the molecule is Cc1ccc(O)c(CNCCC(F)(F)F)n1. The van der Waals surface area contributed by atoms with Crippen molar-refractivity contribution in [3.05, 3.63) is 23.5 Å². The van der Waals surface area contributed by atoms with Gasteiger partial charge in [0, 0.05) is 18.8 Å². The third kappa shape index (κ3) is 4.48. The number of aryl methyl sites for hydroxylation is 1. The molecule has 6 heteroatoms. The highest BCUT2D eigenvalue weighted by Gasteiger charge is 2.25. The quantitative estimate of drug-likeness (QED) is 0.784. The second-order valence-corrected chi connectivity index (χ2v) is 3.46. The van der Waals surface area contributed by atoms with Gasteiger partial charge in [-0.3, -0.25) is 4.98 Å². The molecule has 0 bridgehead atoms. The Labute approximate surface area is 91.3 Å². The fourth-order valence-corrected chi connectivity index (χ4v) is 1.17. The van der Waals surface area contributed by atoms with Crippen LogP contribution in [0.2, 0.25) is 0 Å². The van der Waals surface area contributed by atoms with E-state index in [0.29, 0.717) is 11.4 Å². The average Bonchev–Trinajstić information content (AvgIpc) is 2.16. The van der Waals surface area contributed by atoms with Gasteiger partial charge < -0.3 is 10.4 Å². The van der Waals surface area contributed by atoms with Crippen LogP contribution in [0, 0.1) is 6.92 Å². The molecule has 0 amide bonds. The number of nitrogens with zero attached hydrogens (tertiary/aromatic N) is 1. The molecule has 0 aliphatic carbocycles. The molecule has 0 saturated carbocycles. The summed E-state index contributed by atoms with van der Waals surface area (Å²) < 4.78 is 35.5. The molecule has 0 spiro atoms. The summed E-state index contributed by atoms with van der Waals surface area (Å²) in [6.07, 6.45) is -5.05. The molecule has 1 heterocycles. The van der Waals surface area contributed by atoms with Crippen molar-refractivity contribution in [2.24, 2.45) is 0 Å². The lowest BCUT2D eigenvalue weighted by Gasteiger charge is -2.08. The Morgan fingerprint density at radius 2 is 2.06 bits per heavy atom. The van der Waals surface area contributed by atoms with Gasteiger partial charge in [-0.2, -0.15) is 13.2 Å². The summed E-state index contributed by atoms with van der Waals surface area (Å²) in [6, 6.07) is 3.11. The lowest BCUT2D eigenvalue weighted by atomic mass is 10.3. The minimum Gasteiger partial charge on any atom is -0.506 e. The first-order valence-corrected chi connectivity index (χ1v) is 4.81. The molecule has 1 aromatic rings. The van der Waals surface area contributed by atoms with Gasteiger partial charge in [-0.25, -0.2) is 0 Å². The fraction of sp³-hybridized carbons (Fsp3) is 0.500. The van der Waals surface area contributed by atoms with Crippen LogP contribution in [0.3, 0.4) is 0 Å². The van der Waals surface area contributed by atoms with Crippen molar-refractivity contribution in [3.63, 3.8) is 0 Å². The third-order valence-electron chi connectivity index (χ3n) is 1.97. The topological polar surface area (TPSA) is 45.1 Å². The van der Waals surface area contributed by atoms with Crippen molar-refractivity contribution in [2.45, 2.75) is 26.1 Å². The summed E-state index contributed by atoms with van der Waals surface area (Å²) in [4.78, 5) is 4.01. The number of aromatic hydroxyl groups is 1. The number of hydrogen-bond acceptors (Lipinski definition) is 3. The first-order valence-electron chi connectivity index (χ1n) is 4.81. The maximum atomic E-state index is 11.8. The Morgan fingerprint density at radius 1 is 1.38 bits per heavy atom. The summed E-state index contributed by atoms with van der Waals surface area (Å²) >= 11 is 0. The second-order valence-electron chi connectivity index (χ2n) is 3.46. The molecule has 0 fully saturated rings. The van der Waals surface area contributed by atoms with E-state index >= 15 is 0 Å². The molecular formula is C10H13F3N2O. The Balaban J connectivity index is 2.40. The smallest absolute Gasteiger partial charge is 0.390 e. The Bertz CT molecular complexity index is 352. The Hall–Kier alpha value is -1.30. The minimum atomic E-state index is -4.16. The zero-order chi connectivity index (χ0) is 12.2. The van der Waals surface area contributed by atoms with Crippen LogP contribution in [-0.4, -0.2) is 22.8 Å². The van der Waals surface area contributed by atoms with E-state index in [0.717, 1.165) is 0 Å². The first kappa shape index (κ1) is 12.8. The molecule has 0 aliphatic heterocycles. The number of aromatic nitrogens is 1. The molecule has 1 aromatic heterocycles. The number of rotatable bonds is 4. The van der Waals surface area contributed by atoms with Gasteiger partial charge in [-0.15, -0.1) is 0 Å². The van der Waals surface area contributed by atoms with Gasteiger partial charge >= 0.3 is 6.18 Å². The monoisotopic (exact) mass is 234 g/mol. The summed E-state index contributed by atoms with van der Waals surface area (Å²) in [6.45, 7) is 1.70. The zero-order valence-corrected chi connectivity index (χ0v) is 8.80. The molecular weight excluding hydrogens is 221 g/mol. The van der Waals surface area contributed by atoms with Gasteiger partial charge in [0.25, 0.3) is 0 Å². The van der Waals surface area contributed by atoms with Crippen molar-refractivity contribution in [2.75, 3.05) is 6.54 Å². The molecule has 0 aliphatic rings. The van der Waals surface area contributed by atoms with Crippen LogP contribution in [0.15, 0.2) is 12.1 Å². The number of pyridine rings is 1. The van der Waals surface area contributed by atoms with Crippen molar-refractivity contribution in [1.29, 1.82) is 0 Å². The molecule has 0 aromatic carbocycles. The molecule has 0 saturated heterocycles. The molecule has 90 valence electrons. The van der Waals surface area contributed by atoms with Gasteiger partial charge in [0.15, 0.2) is 0 Å². The number of nitrogens with one attached hydrogen (secondary N) is 1. The van der Waals surface area contributed by atoms with E-state index in [1.165, 1.54) is 6.07 Å². The Morgan fingerprint density at radius 3 is 2.69 bits per heavy atom. The lowest BCUT2D eigenvalue weighted by molar-refractivity contribution is -0.133. The number of halogens is 3. The fourth-order valence-electron chi connectivity index (χ4n) is 1.17. The Kier molecular flexibility index (Phi) is 4.12. The summed E-state index contributed by atoms with van der Waals surface area (Å²) in [7, 11) is 0. The maximum absolute atomic E-state index is 11.8. The van der Waals surface area contributed by atoms with Crippen LogP contribution in [-0.2, 0) is 6.54 Å². The highest BCUT2D eigenvalue weighted by atomic mass is 19.4. The number of hydrogen-bond donors (Lipinski definition) is 2. The van der Waals surface area contributed by atoms with Crippen LogP contribution in [0.25, 0.3) is 0 Å². The maximum Gasteiger partial charge on any atom is 0.390 e. The van der Waals surface area contributed by atoms with Crippen LogP contribution in [0.1, 0.15) is 17.8 Å². The van der Waals surface area contributed by atoms with E-state index in [4.69, 9.17) is 0 Å². The summed E-state index contributed by atoms with van der Waals surface area (Å²) in [5.41, 5.74) is 1.08. The summed E-state index contributed by atoms with van der Waals surface area (Å²) in [5.74, 6) is -0.00916. The largest absolute Gasteiger partial charge is 0.506 e.